The molecule has 0 bridgehead atoms. The van der Waals surface area contributed by atoms with Gasteiger partial charge in [0.25, 0.3) is 11.4 Å². The van der Waals surface area contributed by atoms with Gasteiger partial charge in [0.1, 0.15) is 24.6 Å². The van der Waals surface area contributed by atoms with E-state index < -0.39 is 57.6 Å². The van der Waals surface area contributed by atoms with Crippen molar-refractivity contribution in [3.63, 3.8) is 0 Å². The second-order valence-corrected chi connectivity index (χ2v) is 25.6. The molecule has 0 radical (unpaired) electrons. The third kappa shape index (κ3) is 9.89. The van der Waals surface area contributed by atoms with E-state index in [4.69, 9.17) is 31.9 Å². The topological polar surface area (TPSA) is 224 Å². The Morgan fingerprint density at radius 3 is 2.05 bits per heavy atom. The molecule has 1 amide bonds. The zero-order chi connectivity index (χ0) is 44.9. The predicted molar refractivity (Wildman–Crippen MR) is 232 cm³/mol. The summed E-state index contributed by atoms with van der Waals surface area (Å²) in [6, 6.07) is 12.3. The minimum Gasteiger partial charge on any atom is -0.449 e. The quantitative estimate of drug-likeness (QED) is 0.0454. The van der Waals surface area contributed by atoms with Crippen LogP contribution in [0.25, 0.3) is 11.2 Å². The third-order valence-corrected chi connectivity index (χ3v) is 21.8. The minimum absolute atomic E-state index is 0.000588. The number of non-ortho nitro benzene ring substituents is 2. The Morgan fingerprint density at radius 2 is 1.45 bits per heavy atom. The number of rotatable bonds is 17. The number of fused-ring (bicyclic) bond motifs is 2. The molecule has 2 aromatic heterocycles. The van der Waals surface area contributed by atoms with Gasteiger partial charge in [0.15, 0.2) is 23.2 Å². The number of imidazole rings is 1. The van der Waals surface area contributed by atoms with Crippen molar-refractivity contribution in [1.29, 1.82) is 0 Å². The van der Waals surface area contributed by atoms with Crippen molar-refractivity contribution < 1.29 is 46.6 Å². The summed E-state index contributed by atoms with van der Waals surface area (Å²) in [7, 11) is -6.01. The number of nitro benzene ring substituents is 2. The van der Waals surface area contributed by atoms with Gasteiger partial charge in [-0.15, -0.1) is 0 Å². The van der Waals surface area contributed by atoms with Crippen molar-refractivity contribution in [2.75, 3.05) is 31.7 Å². The highest BCUT2D eigenvalue weighted by Gasteiger charge is 2.62. The zero-order valence-corrected chi connectivity index (χ0v) is 38.6. The van der Waals surface area contributed by atoms with Gasteiger partial charge in [-0.05, 0) is 52.3 Å². The molecule has 0 saturated carbocycles. The first kappa shape index (κ1) is 46.7. The number of aromatic nitrogens is 4. The van der Waals surface area contributed by atoms with Gasteiger partial charge in [-0.1, -0.05) is 67.5 Å². The molecule has 1 N–H and O–H groups in total. The number of hydrogen-bond acceptors (Lipinski definition) is 15. The third-order valence-electron chi connectivity index (χ3n) is 11.6. The number of carbonyl (C=O) groups excluding carboxylic acids is 1. The Bertz CT molecular complexity index is 2160. The molecular weight excluding hydrogens is 839 g/mol. The molecule has 62 heavy (non-hydrogen) atoms. The summed E-state index contributed by atoms with van der Waals surface area (Å²) in [6.07, 6.45) is -0.662. The summed E-state index contributed by atoms with van der Waals surface area (Å²) in [5.41, 5.74) is 2.51. The van der Waals surface area contributed by atoms with Gasteiger partial charge < -0.3 is 31.9 Å². The number of hydrogen-bond donors (Lipinski definition) is 1. The van der Waals surface area contributed by atoms with Crippen LogP contribution in [-0.2, 0) is 38.3 Å². The summed E-state index contributed by atoms with van der Waals surface area (Å²) in [4.78, 5) is 47.7. The van der Waals surface area contributed by atoms with Crippen LogP contribution in [0.3, 0.4) is 0 Å². The average Bonchev–Trinajstić information content (AvgIpc) is 3.80. The van der Waals surface area contributed by atoms with Crippen LogP contribution < -0.4 is 5.32 Å². The molecule has 5 atom stereocenters. The molecule has 0 spiro atoms. The van der Waals surface area contributed by atoms with E-state index in [-0.39, 0.29) is 77.4 Å². The maximum absolute atomic E-state index is 13.0. The number of benzene rings is 2. The van der Waals surface area contributed by atoms with Crippen molar-refractivity contribution in [2.45, 2.75) is 122 Å². The fourth-order valence-corrected chi connectivity index (χ4v) is 19.4. The Labute approximate surface area is 362 Å². The highest BCUT2D eigenvalue weighted by molar-refractivity contribution is 6.84. The molecule has 0 aliphatic carbocycles. The van der Waals surface area contributed by atoms with Gasteiger partial charge >= 0.3 is 23.2 Å². The molecule has 19 nitrogen and oxygen atoms in total. The van der Waals surface area contributed by atoms with Crippen LogP contribution in [0.2, 0.25) is 22.2 Å². The maximum Gasteiger partial charge on any atom is 0.412 e. The summed E-state index contributed by atoms with van der Waals surface area (Å²) < 4.78 is 48.9. The average molecular weight is 896 g/mol. The molecule has 2 saturated heterocycles. The van der Waals surface area contributed by atoms with E-state index in [0.29, 0.717) is 12.1 Å². The lowest BCUT2D eigenvalue weighted by Crippen LogP contribution is -2.66. The van der Waals surface area contributed by atoms with Crippen LogP contribution >= 0.6 is 0 Å². The molecule has 1 unspecified atom stereocenters. The van der Waals surface area contributed by atoms with Crippen molar-refractivity contribution in [2.24, 2.45) is 0 Å². The first-order valence-corrected chi connectivity index (χ1v) is 24.9. The smallest absolute Gasteiger partial charge is 0.412 e. The normalized spacial score (nSPS) is 21.5. The molecule has 2 fully saturated rings. The fourth-order valence-electron chi connectivity index (χ4n) is 8.20. The minimum atomic E-state index is -3.11. The van der Waals surface area contributed by atoms with Gasteiger partial charge in [-0.25, -0.2) is 19.7 Å². The van der Waals surface area contributed by atoms with Gasteiger partial charge in [-0.3, -0.25) is 30.1 Å². The van der Waals surface area contributed by atoms with Gasteiger partial charge in [-0.2, -0.15) is 0 Å². The van der Waals surface area contributed by atoms with E-state index in [1.54, 1.807) is 35.2 Å². The van der Waals surface area contributed by atoms with E-state index in [9.17, 15) is 25.0 Å². The van der Waals surface area contributed by atoms with Crippen LogP contribution in [0.1, 0.15) is 85.8 Å². The van der Waals surface area contributed by atoms with E-state index in [0.717, 1.165) is 11.1 Å². The highest BCUT2D eigenvalue weighted by Crippen LogP contribution is 2.49. The van der Waals surface area contributed by atoms with E-state index in [1.165, 1.54) is 30.6 Å². The fraction of sp³-hybridized carbons (Fsp3) is 0.561. The van der Waals surface area contributed by atoms with Crippen molar-refractivity contribution in [3.05, 3.63) is 92.5 Å². The van der Waals surface area contributed by atoms with Crippen LogP contribution in [0.4, 0.5) is 22.0 Å². The molecule has 2 aliphatic rings. The number of ether oxygens (including phenoxy) is 4. The summed E-state index contributed by atoms with van der Waals surface area (Å²) in [5, 5.41) is 24.8. The Morgan fingerprint density at radius 1 is 0.839 bits per heavy atom. The highest BCUT2D eigenvalue weighted by atomic mass is 28.5. The lowest BCUT2D eigenvalue weighted by atomic mass is 10.1. The number of nitrogens with zero attached hydrogens (tertiary/aromatic N) is 6. The standard InChI is InChI=1S/C41H57N7O12Si2/c1-25(2)61(26(3)4)57-22-34-36(59-62(60-61,27(5)6)28(7)8)37(55-21-20-54-29(9)31-12-16-33(17-13-31)48(52)53)40(58-34)46-24-44-35-38(42-23-43-39(35)46)45-41(49)56-19-18-30-10-14-32(15-11-30)47(50)51/h10-17,23-29,34,36-37,40H,18-22H2,1-9H3,(H,42,43,45,49)/t29?,34-,36-,37-,40-/m1/s1. The van der Waals surface area contributed by atoms with Crippen molar-refractivity contribution >= 4 is 51.6 Å². The Kier molecular flexibility index (Phi) is 14.9. The number of anilines is 1. The van der Waals surface area contributed by atoms with Gasteiger partial charge in [0, 0.05) is 30.7 Å². The first-order valence-electron chi connectivity index (χ1n) is 21.0. The molecule has 4 heterocycles. The predicted octanol–water partition coefficient (Wildman–Crippen LogP) is 8.45. The SMILES string of the molecule is CC(OCCO[C@@H]1[C@@H]2O[Si](C(C)C)(C(C)C)O[Si](C(C)C)(C(C)C)OC[C@H]2O[C@H]1n1cnc2c(NC(=O)OCCc3ccc([N+](=O)[O-])cc3)ncnc21)c1ccc([N+](=O)[O-])cc1. The van der Waals surface area contributed by atoms with Crippen LogP contribution in [-0.4, -0.2) is 97.3 Å². The second kappa shape index (κ2) is 19.7. The largest absolute Gasteiger partial charge is 0.449 e. The summed E-state index contributed by atoms with van der Waals surface area (Å²) >= 11 is 0. The van der Waals surface area contributed by atoms with E-state index in [2.05, 4.69) is 75.7 Å². The molecule has 2 aliphatic heterocycles. The van der Waals surface area contributed by atoms with Crippen LogP contribution in [0, 0.1) is 20.2 Å². The van der Waals surface area contributed by atoms with Crippen LogP contribution in [0.5, 0.6) is 0 Å². The number of nitrogens with one attached hydrogen (secondary N) is 1. The number of carbonyl (C=O) groups is 1. The van der Waals surface area contributed by atoms with Gasteiger partial charge in [0.05, 0.1) is 48.7 Å². The van der Waals surface area contributed by atoms with Gasteiger partial charge in [0.2, 0.25) is 0 Å². The molecular formula is C41H57N7O12Si2. The molecule has 4 aromatic rings. The molecule has 6 rings (SSSR count). The number of nitro groups is 2. The zero-order valence-electron chi connectivity index (χ0n) is 36.6. The van der Waals surface area contributed by atoms with E-state index >= 15 is 0 Å². The molecule has 21 heteroatoms. The molecule has 336 valence electrons. The van der Waals surface area contributed by atoms with Crippen LogP contribution in [0.15, 0.2) is 61.2 Å². The van der Waals surface area contributed by atoms with Crippen molar-refractivity contribution in [3.8, 4) is 0 Å². The monoisotopic (exact) mass is 895 g/mol. The Balaban J connectivity index is 1.26. The second-order valence-electron chi connectivity index (χ2n) is 16.8. The molecule has 2 aromatic carbocycles. The van der Waals surface area contributed by atoms with E-state index in [1.807, 2.05) is 6.92 Å². The number of amides is 1. The maximum atomic E-state index is 13.0. The first-order chi connectivity index (χ1) is 29.5. The Hall–Kier alpha value is -4.75. The lowest BCUT2D eigenvalue weighted by Gasteiger charge is -2.51. The summed E-state index contributed by atoms with van der Waals surface area (Å²) in [5.74, 6) is 0.118. The lowest BCUT2D eigenvalue weighted by molar-refractivity contribution is -0.385. The summed E-state index contributed by atoms with van der Waals surface area (Å²) in [6.45, 7) is 19.6. The van der Waals surface area contributed by atoms with Crippen molar-refractivity contribution in [1.82, 2.24) is 19.5 Å².